The first-order valence-corrected chi connectivity index (χ1v) is 6.25. The van der Waals surface area contributed by atoms with Crippen LogP contribution in [-0.4, -0.2) is 21.5 Å². The lowest BCUT2D eigenvalue weighted by Crippen LogP contribution is -2.18. The van der Waals surface area contributed by atoms with Crippen LogP contribution in [0.1, 0.15) is 31.0 Å². The molecule has 19 heavy (non-hydrogen) atoms. The summed E-state index contributed by atoms with van der Waals surface area (Å²) in [6.07, 6.45) is 0.317. The van der Waals surface area contributed by atoms with Gasteiger partial charge in [0.2, 0.25) is 0 Å². The molecule has 0 fully saturated rings. The lowest BCUT2D eigenvalue weighted by atomic mass is 10.0. The molecule has 0 aliphatic carbocycles. The highest BCUT2D eigenvalue weighted by molar-refractivity contribution is 5.34. The highest BCUT2D eigenvalue weighted by Crippen LogP contribution is 2.17. The van der Waals surface area contributed by atoms with E-state index in [4.69, 9.17) is 5.11 Å². The van der Waals surface area contributed by atoms with Crippen LogP contribution in [0.2, 0.25) is 0 Å². The number of rotatable bonds is 4. The third kappa shape index (κ3) is 2.61. The number of halogens is 1. The molecule has 2 N–H and O–H groups in total. The third-order valence-corrected chi connectivity index (χ3v) is 3.04. The molecular weight excluding hydrogens is 247 g/mol. The average molecular weight is 264 g/mol. The van der Waals surface area contributed by atoms with Crippen LogP contribution in [-0.2, 0) is 6.42 Å². The van der Waals surface area contributed by atoms with Crippen LogP contribution in [0.25, 0.3) is 5.69 Å². The van der Waals surface area contributed by atoms with E-state index in [-0.39, 0.29) is 23.9 Å². The van der Waals surface area contributed by atoms with Crippen molar-refractivity contribution < 1.29 is 9.50 Å². The summed E-state index contributed by atoms with van der Waals surface area (Å²) in [7, 11) is 0. The van der Waals surface area contributed by atoms with Crippen LogP contribution in [0, 0.1) is 5.82 Å². The summed E-state index contributed by atoms with van der Waals surface area (Å²) in [5.41, 5.74) is 1.78. The van der Waals surface area contributed by atoms with Crippen molar-refractivity contribution >= 4 is 0 Å². The third-order valence-electron chi connectivity index (χ3n) is 3.04. The van der Waals surface area contributed by atoms with E-state index in [9.17, 15) is 9.18 Å². The number of aliphatic hydroxyl groups is 1. The van der Waals surface area contributed by atoms with Gasteiger partial charge < -0.3 is 5.11 Å². The van der Waals surface area contributed by atoms with Crippen molar-refractivity contribution in [3.63, 3.8) is 0 Å². The number of benzene rings is 1. The molecule has 1 heterocycles. The zero-order valence-electron chi connectivity index (χ0n) is 11.0. The van der Waals surface area contributed by atoms with Crippen LogP contribution in [0.5, 0.6) is 0 Å². The predicted molar refractivity (Wildman–Crippen MR) is 71.2 cm³/mol. The minimum absolute atomic E-state index is 0.0732. The summed E-state index contributed by atoms with van der Waals surface area (Å²) < 4.78 is 14.3. The summed E-state index contributed by atoms with van der Waals surface area (Å²) in [6.45, 7) is 3.87. The van der Waals surface area contributed by atoms with Gasteiger partial charge in [-0.3, -0.25) is 9.89 Å². The monoisotopic (exact) mass is 264 g/mol. The summed E-state index contributed by atoms with van der Waals surface area (Å²) in [5, 5.41) is 12.1. The zero-order valence-corrected chi connectivity index (χ0v) is 11.0. The van der Waals surface area contributed by atoms with E-state index in [1.165, 1.54) is 16.8 Å². The molecule has 1 aromatic carbocycles. The van der Waals surface area contributed by atoms with Gasteiger partial charge in [0, 0.05) is 24.3 Å². The molecule has 2 rings (SSSR count). The molecule has 0 aliphatic rings. The van der Waals surface area contributed by atoms with Crippen LogP contribution in [0.4, 0.5) is 4.39 Å². The minimum Gasteiger partial charge on any atom is -0.396 e. The Hall–Kier alpha value is -1.88. The first-order valence-electron chi connectivity index (χ1n) is 6.25. The van der Waals surface area contributed by atoms with E-state index in [1.807, 2.05) is 13.8 Å². The largest absolute Gasteiger partial charge is 0.396 e. The Morgan fingerprint density at radius 3 is 2.47 bits per heavy atom. The molecule has 0 unspecified atom stereocenters. The number of aromatic nitrogens is 2. The second-order valence-electron chi connectivity index (χ2n) is 4.75. The quantitative estimate of drug-likeness (QED) is 0.887. The Kier molecular flexibility index (Phi) is 3.85. The smallest absolute Gasteiger partial charge is 0.274 e. The number of nitrogens with zero attached hydrogens (tertiary/aromatic N) is 1. The van der Waals surface area contributed by atoms with Gasteiger partial charge in [-0.2, -0.15) is 0 Å². The maximum Gasteiger partial charge on any atom is 0.274 e. The van der Waals surface area contributed by atoms with Gasteiger partial charge in [0.05, 0.1) is 5.69 Å². The van der Waals surface area contributed by atoms with Gasteiger partial charge in [0.1, 0.15) is 5.82 Å². The second kappa shape index (κ2) is 5.40. The van der Waals surface area contributed by atoms with Gasteiger partial charge in [-0.1, -0.05) is 13.8 Å². The van der Waals surface area contributed by atoms with Crippen molar-refractivity contribution in [1.29, 1.82) is 0 Å². The number of aliphatic hydroxyl groups excluding tert-OH is 1. The van der Waals surface area contributed by atoms with Gasteiger partial charge in [0.25, 0.3) is 5.56 Å². The van der Waals surface area contributed by atoms with Gasteiger partial charge in [-0.15, -0.1) is 0 Å². The Bertz CT molecular complexity index is 611. The number of hydrogen-bond donors (Lipinski definition) is 2. The SMILES string of the molecule is CC(C)c1[nH]n(-c2ccc(F)cc2)c(=O)c1CCO. The lowest BCUT2D eigenvalue weighted by molar-refractivity contribution is 0.299. The predicted octanol–water partition coefficient (Wildman–Crippen LogP) is 1.96. The van der Waals surface area contributed by atoms with Crippen LogP contribution >= 0.6 is 0 Å². The Morgan fingerprint density at radius 2 is 1.95 bits per heavy atom. The molecule has 1 aromatic heterocycles. The van der Waals surface area contributed by atoms with Crippen molar-refractivity contribution in [2.75, 3.05) is 6.61 Å². The first kappa shape index (κ1) is 13.5. The van der Waals surface area contributed by atoms with E-state index in [0.29, 0.717) is 17.7 Å². The summed E-state index contributed by atoms with van der Waals surface area (Å²) in [6, 6.07) is 5.70. The maximum atomic E-state index is 12.9. The Balaban J connectivity index is 2.55. The molecule has 0 saturated heterocycles. The van der Waals surface area contributed by atoms with E-state index in [1.54, 1.807) is 12.1 Å². The van der Waals surface area contributed by atoms with E-state index < -0.39 is 0 Å². The zero-order chi connectivity index (χ0) is 14.0. The molecule has 0 radical (unpaired) electrons. The molecule has 4 nitrogen and oxygen atoms in total. The number of H-pyrrole nitrogens is 1. The van der Waals surface area contributed by atoms with Gasteiger partial charge in [0.15, 0.2) is 0 Å². The highest BCUT2D eigenvalue weighted by atomic mass is 19.1. The van der Waals surface area contributed by atoms with Gasteiger partial charge in [-0.25, -0.2) is 9.07 Å². The molecule has 102 valence electrons. The molecular formula is C14H17FN2O2. The number of hydrogen-bond acceptors (Lipinski definition) is 2. The van der Waals surface area contributed by atoms with Crippen LogP contribution < -0.4 is 5.56 Å². The standard InChI is InChI=1S/C14H17FN2O2/c1-9(2)13-12(7-8-18)14(19)17(16-13)11-5-3-10(15)4-6-11/h3-6,9,16,18H,7-8H2,1-2H3. The highest BCUT2D eigenvalue weighted by Gasteiger charge is 2.16. The molecule has 5 heteroatoms. The average Bonchev–Trinajstić information content (AvgIpc) is 2.69. The minimum atomic E-state index is -0.344. The first-order chi connectivity index (χ1) is 9.04. The van der Waals surface area contributed by atoms with E-state index in [2.05, 4.69) is 5.10 Å². The fraction of sp³-hybridized carbons (Fsp3) is 0.357. The van der Waals surface area contributed by atoms with Crippen LogP contribution in [0.15, 0.2) is 29.1 Å². The second-order valence-corrected chi connectivity index (χ2v) is 4.75. The fourth-order valence-electron chi connectivity index (χ4n) is 2.09. The Labute approximate surface area is 110 Å². The molecule has 0 saturated carbocycles. The number of aromatic amines is 1. The van der Waals surface area contributed by atoms with Crippen molar-refractivity contribution in [2.45, 2.75) is 26.2 Å². The van der Waals surface area contributed by atoms with Crippen molar-refractivity contribution in [2.24, 2.45) is 0 Å². The summed E-state index contributed by atoms with van der Waals surface area (Å²) in [5.74, 6) is -0.195. The molecule has 0 bridgehead atoms. The fourth-order valence-corrected chi connectivity index (χ4v) is 2.09. The number of nitrogens with one attached hydrogen (secondary N) is 1. The summed E-state index contributed by atoms with van der Waals surface area (Å²) in [4.78, 5) is 12.3. The van der Waals surface area contributed by atoms with Crippen molar-refractivity contribution in [3.8, 4) is 5.69 Å². The van der Waals surface area contributed by atoms with E-state index in [0.717, 1.165) is 5.69 Å². The molecule has 2 aromatic rings. The molecule has 0 spiro atoms. The van der Waals surface area contributed by atoms with E-state index >= 15 is 0 Å². The molecule has 0 atom stereocenters. The topological polar surface area (TPSA) is 58.0 Å². The summed E-state index contributed by atoms with van der Waals surface area (Å²) >= 11 is 0. The molecule has 0 aliphatic heterocycles. The van der Waals surface area contributed by atoms with Gasteiger partial charge >= 0.3 is 0 Å². The molecule has 0 amide bonds. The lowest BCUT2D eigenvalue weighted by Gasteiger charge is -2.04. The normalized spacial score (nSPS) is 11.2. The van der Waals surface area contributed by atoms with Crippen LogP contribution in [0.3, 0.4) is 0 Å². The Morgan fingerprint density at radius 1 is 1.32 bits per heavy atom. The maximum absolute atomic E-state index is 12.9. The van der Waals surface area contributed by atoms with Crippen molar-refractivity contribution in [3.05, 3.63) is 51.7 Å². The van der Waals surface area contributed by atoms with Crippen molar-refractivity contribution in [1.82, 2.24) is 9.78 Å². The van der Waals surface area contributed by atoms with Gasteiger partial charge in [-0.05, 0) is 30.2 Å².